The van der Waals surface area contributed by atoms with Crippen LogP contribution >= 0.6 is 0 Å². The summed E-state index contributed by atoms with van der Waals surface area (Å²) in [6, 6.07) is 11.5. The van der Waals surface area contributed by atoms with Gasteiger partial charge < -0.3 is 10.6 Å². The molecule has 1 aliphatic carbocycles. The first kappa shape index (κ1) is 21.1. The lowest BCUT2D eigenvalue weighted by Gasteiger charge is -2.28. The van der Waals surface area contributed by atoms with E-state index in [1.165, 1.54) is 0 Å². The summed E-state index contributed by atoms with van der Waals surface area (Å²) in [5.41, 5.74) is 2.89. The summed E-state index contributed by atoms with van der Waals surface area (Å²) >= 11 is 0. The highest BCUT2D eigenvalue weighted by molar-refractivity contribution is 6.06. The molecule has 0 bridgehead atoms. The van der Waals surface area contributed by atoms with Crippen molar-refractivity contribution in [2.75, 3.05) is 13.6 Å². The predicted octanol–water partition coefficient (Wildman–Crippen LogP) is 3.34. The van der Waals surface area contributed by atoms with Crippen LogP contribution in [-0.4, -0.2) is 44.8 Å². The van der Waals surface area contributed by atoms with Gasteiger partial charge in [-0.05, 0) is 49.8 Å². The number of hydrogen-bond donors (Lipinski definition) is 2. The Labute approximate surface area is 191 Å². The van der Waals surface area contributed by atoms with Gasteiger partial charge in [0.2, 0.25) is 5.78 Å². The Morgan fingerprint density at radius 1 is 1.06 bits per heavy atom. The van der Waals surface area contributed by atoms with Crippen LogP contribution in [0.5, 0.6) is 0 Å². The number of benzene rings is 1. The van der Waals surface area contributed by atoms with E-state index < -0.39 is 0 Å². The van der Waals surface area contributed by atoms with Crippen LogP contribution in [0.15, 0.2) is 55.0 Å². The van der Waals surface area contributed by atoms with Crippen molar-refractivity contribution in [3.05, 3.63) is 71.9 Å². The Kier molecular flexibility index (Phi) is 5.73. The monoisotopic (exact) mass is 442 g/mol. The highest BCUT2D eigenvalue weighted by Crippen LogP contribution is 2.36. The van der Waals surface area contributed by atoms with Gasteiger partial charge in [-0.2, -0.15) is 0 Å². The topological polar surface area (TPSA) is 101 Å². The summed E-state index contributed by atoms with van der Waals surface area (Å²) in [4.78, 5) is 38.3. The van der Waals surface area contributed by atoms with Crippen LogP contribution in [0.2, 0.25) is 0 Å². The summed E-state index contributed by atoms with van der Waals surface area (Å²) in [5.74, 6) is 0.985. The zero-order valence-corrected chi connectivity index (χ0v) is 18.5. The summed E-state index contributed by atoms with van der Waals surface area (Å²) in [7, 11) is 1.65. The number of aromatic nitrogens is 4. The molecule has 0 atom stereocenters. The second-order valence-electron chi connectivity index (χ2n) is 8.57. The third-order valence-corrected chi connectivity index (χ3v) is 6.49. The van der Waals surface area contributed by atoms with Gasteiger partial charge in [0.15, 0.2) is 0 Å². The number of pyridine rings is 1. The van der Waals surface area contributed by atoms with Gasteiger partial charge >= 0.3 is 0 Å². The van der Waals surface area contributed by atoms with E-state index in [0.29, 0.717) is 35.4 Å². The number of fused-ring (bicyclic) bond motifs is 2. The van der Waals surface area contributed by atoms with Crippen LogP contribution in [0.3, 0.4) is 0 Å². The molecule has 0 spiro atoms. The van der Waals surface area contributed by atoms with E-state index in [1.807, 2.05) is 36.5 Å². The van der Waals surface area contributed by atoms with Crippen LogP contribution in [0.1, 0.15) is 58.1 Å². The fourth-order valence-corrected chi connectivity index (χ4v) is 4.66. The van der Waals surface area contributed by atoms with Crippen molar-refractivity contribution >= 4 is 28.5 Å². The van der Waals surface area contributed by atoms with Crippen LogP contribution < -0.4 is 10.6 Å². The molecule has 3 aromatic heterocycles. The number of imidazole rings is 1. The zero-order chi connectivity index (χ0) is 22.8. The van der Waals surface area contributed by atoms with Gasteiger partial charge in [0.05, 0.1) is 11.1 Å². The van der Waals surface area contributed by atoms with Gasteiger partial charge in [-0.15, -0.1) is 0 Å². The van der Waals surface area contributed by atoms with Gasteiger partial charge in [0.1, 0.15) is 5.69 Å². The Balaban J connectivity index is 1.22. The molecule has 5 rings (SSSR count). The van der Waals surface area contributed by atoms with E-state index in [4.69, 9.17) is 4.98 Å². The normalized spacial score (nSPS) is 18.3. The number of amides is 2. The SMILES string of the molecule is CNC(=O)c1cc(C2CCC(CNC(=O)c3cn4cccnc4n3)CC2)nc2ccccc12. The quantitative estimate of drug-likeness (QED) is 0.494. The average molecular weight is 443 g/mol. The summed E-state index contributed by atoms with van der Waals surface area (Å²) in [6.07, 6.45) is 9.15. The fourth-order valence-electron chi connectivity index (χ4n) is 4.66. The Morgan fingerprint density at radius 2 is 1.88 bits per heavy atom. The van der Waals surface area contributed by atoms with Gasteiger partial charge in [-0.3, -0.25) is 19.0 Å². The minimum absolute atomic E-state index is 0.0894. The third-order valence-electron chi connectivity index (χ3n) is 6.49. The second kappa shape index (κ2) is 8.97. The molecule has 8 heteroatoms. The van der Waals surface area contributed by atoms with E-state index in [1.54, 1.807) is 29.9 Å². The molecule has 168 valence electrons. The number of nitrogens with zero attached hydrogens (tertiary/aromatic N) is 4. The first-order valence-electron chi connectivity index (χ1n) is 11.3. The fraction of sp³-hybridized carbons (Fsp3) is 0.320. The first-order chi connectivity index (χ1) is 16.1. The Hall–Kier alpha value is -3.81. The first-order valence-corrected chi connectivity index (χ1v) is 11.3. The maximum atomic E-state index is 12.5. The van der Waals surface area contributed by atoms with Gasteiger partial charge in [0, 0.05) is 49.2 Å². The van der Waals surface area contributed by atoms with Crippen molar-refractivity contribution < 1.29 is 9.59 Å². The summed E-state index contributed by atoms with van der Waals surface area (Å²) in [5, 5.41) is 6.65. The maximum Gasteiger partial charge on any atom is 0.271 e. The molecule has 1 saturated carbocycles. The van der Waals surface area contributed by atoms with E-state index in [2.05, 4.69) is 20.6 Å². The number of hydrogen-bond acceptors (Lipinski definition) is 5. The van der Waals surface area contributed by atoms with Crippen LogP contribution in [0, 0.1) is 5.92 Å². The molecule has 0 unspecified atom stereocenters. The number of carbonyl (C=O) groups is 2. The largest absolute Gasteiger partial charge is 0.355 e. The smallest absolute Gasteiger partial charge is 0.271 e. The van der Waals surface area contributed by atoms with Crippen LogP contribution in [-0.2, 0) is 0 Å². The molecule has 0 saturated heterocycles. The molecule has 1 aromatic carbocycles. The highest BCUT2D eigenvalue weighted by Gasteiger charge is 2.25. The van der Waals surface area contributed by atoms with Crippen molar-refractivity contribution in [3.63, 3.8) is 0 Å². The summed E-state index contributed by atoms with van der Waals surface area (Å²) in [6.45, 7) is 0.626. The molecule has 3 heterocycles. The zero-order valence-electron chi connectivity index (χ0n) is 18.5. The highest BCUT2D eigenvalue weighted by atomic mass is 16.2. The number of carbonyl (C=O) groups excluding carboxylic acids is 2. The van der Waals surface area contributed by atoms with Gasteiger partial charge in [0.25, 0.3) is 11.8 Å². The van der Waals surface area contributed by atoms with Crippen LogP contribution in [0.25, 0.3) is 16.7 Å². The molecule has 4 aromatic rings. The molecule has 2 N–H and O–H groups in total. The van der Waals surface area contributed by atoms with Crippen molar-refractivity contribution in [1.29, 1.82) is 0 Å². The number of nitrogens with one attached hydrogen (secondary N) is 2. The summed E-state index contributed by atoms with van der Waals surface area (Å²) < 4.78 is 1.74. The van der Waals surface area contributed by atoms with Crippen molar-refractivity contribution in [2.45, 2.75) is 31.6 Å². The number of para-hydroxylation sites is 1. The number of rotatable bonds is 5. The van der Waals surface area contributed by atoms with Crippen molar-refractivity contribution in [1.82, 2.24) is 30.0 Å². The van der Waals surface area contributed by atoms with E-state index in [-0.39, 0.29) is 11.8 Å². The molecule has 2 amide bonds. The van der Waals surface area contributed by atoms with Gasteiger partial charge in [-0.25, -0.2) is 9.97 Å². The standard InChI is InChI=1S/C25H26N6O2/c1-26-23(32)19-13-21(29-20-6-3-2-5-18(19)20)17-9-7-16(8-10-17)14-28-24(33)22-15-31-12-4-11-27-25(31)30-22/h2-6,11-13,15-17H,7-10,14H2,1H3,(H,26,32)(H,28,33). The molecular weight excluding hydrogens is 416 g/mol. The lowest BCUT2D eigenvalue weighted by atomic mass is 9.80. The predicted molar refractivity (Wildman–Crippen MR) is 125 cm³/mol. The minimum Gasteiger partial charge on any atom is -0.355 e. The lowest BCUT2D eigenvalue weighted by molar-refractivity contribution is 0.0936. The van der Waals surface area contributed by atoms with E-state index in [0.717, 1.165) is 42.3 Å². The molecule has 0 radical (unpaired) electrons. The second-order valence-corrected chi connectivity index (χ2v) is 8.57. The minimum atomic E-state index is -0.172. The molecule has 8 nitrogen and oxygen atoms in total. The Morgan fingerprint density at radius 3 is 2.67 bits per heavy atom. The molecular formula is C25H26N6O2. The molecule has 33 heavy (non-hydrogen) atoms. The average Bonchev–Trinajstić information content (AvgIpc) is 3.31. The van der Waals surface area contributed by atoms with E-state index >= 15 is 0 Å². The van der Waals surface area contributed by atoms with Crippen molar-refractivity contribution in [2.24, 2.45) is 5.92 Å². The van der Waals surface area contributed by atoms with E-state index in [9.17, 15) is 9.59 Å². The van der Waals surface area contributed by atoms with Crippen molar-refractivity contribution in [3.8, 4) is 0 Å². The molecule has 1 fully saturated rings. The molecule has 1 aliphatic rings. The maximum absolute atomic E-state index is 12.5. The van der Waals surface area contributed by atoms with Gasteiger partial charge in [-0.1, -0.05) is 18.2 Å². The molecule has 0 aliphatic heterocycles. The Bertz CT molecular complexity index is 1290. The third kappa shape index (κ3) is 4.28. The van der Waals surface area contributed by atoms with Crippen LogP contribution in [0.4, 0.5) is 0 Å². The lowest BCUT2D eigenvalue weighted by Crippen LogP contribution is -2.31.